The fraction of sp³-hybridized carbons (Fsp3) is 0.222. The average molecular weight is 338 g/mol. The third-order valence-electron chi connectivity index (χ3n) is 3.45. The molecule has 2 aromatic rings. The highest BCUT2D eigenvalue weighted by atomic mass is 16.3. The third-order valence-corrected chi connectivity index (χ3v) is 3.45. The molecule has 0 saturated heterocycles. The van der Waals surface area contributed by atoms with Gasteiger partial charge in [-0.15, -0.1) is 5.01 Å². The Kier molecular flexibility index (Phi) is 4.33. The van der Waals surface area contributed by atoms with Gasteiger partial charge in [-0.2, -0.15) is 0 Å². The van der Waals surface area contributed by atoms with Gasteiger partial charge in [0.05, 0.1) is 12.4 Å². The van der Waals surface area contributed by atoms with Gasteiger partial charge in [-0.3, -0.25) is 9.78 Å². The molecule has 1 amide bonds. The molecule has 0 fully saturated rings. The number of nitrogens with zero attached hydrogens (tertiary/aromatic N) is 3. The van der Waals surface area contributed by atoms with Crippen molar-refractivity contribution < 1.29 is 14.9 Å². The molecule has 7 heteroatoms. The first kappa shape index (κ1) is 16.8. The number of aromatic hydroxyl groups is 1. The first-order valence-corrected chi connectivity index (χ1v) is 7.89. The van der Waals surface area contributed by atoms with E-state index in [-0.39, 0.29) is 17.2 Å². The second-order valence-corrected chi connectivity index (χ2v) is 6.75. The van der Waals surface area contributed by atoms with Crippen LogP contribution >= 0.6 is 0 Å². The van der Waals surface area contributed by atoms with E-state index in [2.05, 4.69) is 20.4 Å². The molecule has 3 N–H and O–H groups in total. The summed E-state index contributed by atoms with van der Waals surface area (Å²) >= 11 is 0. The number of rotatable bonds is 3. The summed E-state index contributed by atoms with van der Waals surface area (Å²) in [4.78, 5) is 20.9. The molecule has 0 aromatic carbocycles. The fourth-order valence-electron chi connectivity index (χ4n) is 2.40. The van der Waals surface area contributed by atoms with Crippen molar-refractivity contribution in [3.05, 3.63) is 54.6 Å². The summed E-state index contributed by atoms with van der Waals surface area (Å²) in [6.45, 7) is 5.74. The quantitative estimate of drug-likeness (QED) is 0.779. The van der Waals surface area contributed by atoms with Crippen molar-refractivity contribution in [1.82, 2.24) is 15.3 Å². The van der Waals surface area contributed by atoms with Crippen molar-refractivity contribution in [3.8, 4) is 5.75 Å². The van der Waals surface area contributed by atoms with Gasteiger partial charge in [-0.05, 0) is 39.0 Å². The van der Waals surface area contributed by atoms with Crippen molar-refractivity contribution in [2.45, 2.75) is 26.3 Å². The van der Waals surface area contributed by atoms with Crippen LogP contribution in [0, 0.1) is 0 Å². The summed E-state index contributed by atoms with van der Waals surface area (Å²) in [7, 11) is 0. The monoisotopic (exact) mass is 338 g/mol. The molecule has 7 nitrogen and oxygen atoms in total. The number of quaternary nitrogens is 1. The van der Waals surface area contributed by atoms with Crippen LogP contribution in [0.3, 0.4) is 0 Å². The molecule has 1 aliphatic rings. The lowest BCUT2D eigenvalue weighted by Gasteiger charge is -2.19. The highest BCUT2D eigenvalue weighted by molar-refractivity contribution is 6.44. The van der Waals surface area contributed by atoms with E-state index >= 15 is 0 Å². The van der Waals surface area contributed by atoms with E-state index in [1.807, 2.05) is 32.9 Å². The van der Waals surface area contributed by atoms with E-state index in [1.165, 1.54) is 6.20 Å². The van der Waals surface area contributed by atoms with Crippen molar-refractivity contribution in [2.24, 2.45) is 5.10 Å². The minimum absolute atomic E-state index is 0.0805. The van der Waals surface area contributed by atoms with Crippen molar-refractivity contribution in [2.75, 3.05) is 0 Å². The van der Waals surface area contributed by atoms with Gasteiger partial charge in [-0.25, -0.2) is 4.98 Å². The zero-order valence-corrected chi connectivity index (χ0v) is 14.3. The lowest BCUT2D eigenvalue weighted by atomic mass is 10.1. The molecular weight excluding hydrogens is 318 g/mol. The number of amides is 1. The first-order valence-electron chi connectivity index (χ1n) is 7.89. The van der Waals surface area contributed by atoms with Crippen molar-refractivity contribution in [3.63, 3.8) is 0 Å². The van der Waals surface area contributed by atoms with Crippen LogP contribution in [-0.4, -0.2) is 32.2 Å². The van der Waals surface area contributed by atoms with Crippen LogP contribution in [0.4, 0.5) is 5.69 Å². The molecule has 25 heavy (non-hydrogen) atoms. The molecule has 0 spiro atoms. The molecule has 3 rings (SSSR count). The Morgan fingerprint density at radius 3 is 2.60 bits per heavy atom. The Hall–Kier alpha value is -3.06. The summed E-state index contributed by atoms with van der Waals surface area (Å²) in [6, 6.07) is 6.94. The predicted octanol–water partition coefficient (Wildman–Crippen LogP) is 1.02. The number of carbonyl (C=O) groups excluding carboxylic acids is 1. The second-order valence-electron chi connectivity index (χ2n) is 6.75. The number of carbonyl (C=O) groups is 1. The number of hydrogen-bond acceptors (Lipinski definition) is 5. The van der Waals surface area contributed by atoms with Gasteiger partial charge in [0.25, 0.3) is 5.91 Å². The number of hydrogen-bond donors (Lipinski definition) is 3. The first-order chi connectivity index (χ1) is 11.8. The summed E-state index contributed by atoms with van der Waals surface area (Å²) in [6.07, 6.45) is 6.45. The highest BCUT2D eigenvalue weighted by Gasteiger charge is 2.32. The standard InChI is InChI=1S/C18H19N5O2/c1-18(2,3)21-17(25)15-9-16(14-7-6-13(24)11-20-14)23(22-15)12-5-4-8-19-10-12/h4-11,24H,1-3H3,(H,21,25)/p+1. The van der Waals surface area contributed by atoms with E-state index in [4.69, 9.17) is 0 Å². The maximum Gasteiger partial charge on any atom is 0.276 e. The van der Waals surface area contributed by atoms with Gasteiger partial charge in [0, 0.05) is 23.9 Å². The van der Waals surface area contributed by atoms with Crippen molar-refractivity contribution >= 4 is 23.0 Å². The normalized spacial score (nSPS) is 17.0. The van der Waals surface area contributed by atoms with Crippen LogP contribution in [0.5, 0.6) is 5.75 Å². The lowest BCUT2D eigenvalue weighted by Crippen LogP contribution is -2.98. The Bertz CT molecular complexity index is 836. The zero-order valence-electron chi connectivity index (χ0n) is 14.3. The number of nitrogens with one attached hydrogen (secondary N) is 2. The van der Waals surface area contributed by atoms with Crippen LogP contribution in [0.15, 0.2) is 54.0 Å². The molecular formula is C18H20N5O2+. The topological polar surface area (TPSA) is 91.9 Å². The van der Waals surface area contributed by atoms with Crippen LogP contribution in [0.2, 0.25) is 0 Å². The van der Waals surface area contributed by atoms with Gasteiger partial charge in [-0.1, -0.05) is 5.10 Å². The molecule has 1 atom stereocenters. The van der Waals surface area contributed by atoms with Crippen LogP contribution in [0.25, 0.3) is 5.70 Å². The highest BCUT2D eigenvalue weighted by Crippen LogP contribution is 2.16. The van der Waals surface area contributed by atoms with Gasteiger partial charge < -0.3 is 10.4 Å². The molecule has 2 aromatic heterocycles. The maximum atomic E-state index is 12.5. The van der Waals surface area contributed by atoms with E-state index in [9.17, 15) is 9.90 Å². The SMILES string of the molecule is CC(C)(C)NC(=O)C1=N[NH+](c2cccnc2)C(c2ccc(O)cn2)=C1. The fourth-order valence-corrected chi connectivity index (χ4v) is 2.40. The van der Waals surface area contributed by atoms with E-state index in [1.54, 1.807) is 30.6 Å². The Morgan fingerprint density at radius 2 is 2.00 bits per heavy atom. The van der Waals surface area contributed by atoms with Gasteiger partial charge in [0.1, 0.15) is 11.4 Å². The molecule has 0 saturated carbocycles. The lowest BCUT2D eigenvalue weighted by molar-refractivity contribution is -0.757. The summed E-state index contributed by atoms with van der Waals surface area (Å²) in [5.41, 5.74) is 2.09. The molecule has 0 bridgehead atoms. The largest absolute Gasteiger partial charge is 0.506 e. The average Bonchev–Trinajstić information content (AvgIpc) is 3.00. The van der Waals surface area contributed by atoms with E-state index in [0.29, 0.717) is 22.1 Å². The predicted molar refractivity (Wildman–Crippen MR) is 94.1 cm³/mol. The Morgan fingerprint density at radius 1 is 1.20 bits per heavy atom. The van der Waals surface area contributed by atoms with Crippen LogP contribution in [-0.2, 0) is 4.79 Å². The molecule has 128 valence electrons. The Balaban J connectivity index is 1.99. The van der Waals surface area contributed by atoms with Gasteiger partial charge in [0.2, 0.25) is 0 Å². The molecule has 1 aliphatic heterocycles. The minimum Gasteiger partial charge on any atom is -0.506 e. The minimum atomic E-state index is -0.360. The molecule has 0 radical (unpaired) electrons. The maximum absolute atomic E-state index is 12.5. The van der Waals surface area contributed by atoms with Crippen LogP contribution in [0.1, 0.15) is 26.5 Å². The Labute approximate surface area is 145 Å². The summed E-state index contributed by atoms with van der Waals surface area (Å²) < 4.78 is 0. The van der Waals surface area contributed by atoms with E-state index < -0.39 is 0 Å². The number of pyridine rings is 2. The second kappa shape index (κ2) is 6.45. The molecule has 0 aliphatic carbocycles. The van der Waals surface area contributed by atoms with Crippen molar-refractivity contribution in [1.29, 1.82) is 0 Å². The summed E-state index contributed by atoms with van der Waals surface area (Å²) in [5.74, 6) is -0.167. The third kappa shape index (κ3) is 3.89. The zero-order chi connectivity index (χ0) is 18.0. The van der Waals surface area contributed by atoms with Gasteiger partial charge >= 0.3 is 0 Å². The van der Waals surface area contributed by atoms with E-state index in [0.717, 1.165) is 5.69 Å². The van der Waals surface area contributed by atoms with Crippen LogP contribution < -0.4 is 10.3 Å². The molecule has 1 unspecified atom stereocenters. The number of aromatic nitrogens is 2. The van der Waals surface area contributed by atoms with Gasteiger partial charge in [0.15, 0.2) is 17.1 Å². The molecule has 3 heterocycles. The summed E-state index contributed by atoms with van der Waals surface area (Å²) in [5, 5.41) is 17.5. The smallest absolute Gasteiger partial charge is 0.276 e.